The average molecular weight is 277 g/mol. The van der Waals surface area contributed by atoms with Gasteiger partial charge in [-0.05, 0) is 12.8 Å². The highest BCUT2D eigenvalue weighted by molar-refractivity contribution is 5.22. The van der Waals surface area contributed by atoms with E-state index in [0.29, 0.717) is 6.42 Å². The van der Waals surface area contributed by atoms with Crippen LogP contribution in [0.3, 0.4) is 0 Å². The molecule has 0 aliphatic heterocycles. The number of nitrogens with one attached hydrogen (secondary N) is 1. The van der Waals surface area contributed by atoms with E-state index in [2.05, 4.69) is 34.5 Å². The summed E-state index contributed by atoms with van der Waals surface area (Å²) in [4.78, 5) is 4.34. The molecule has 2 aromatic heterocycles. The number of aromatic nitrogens is 5. The molecule has 7 heteroatoms. The quantitative estimate of drug-likeness (QED) is 0.575. The Morgan fingerprint density at radius 3 is 2.85 bits per heavy atom. The first-order chi connectivity index (χ1) is 9.69. The van der Waals surface area contributed by atoms with Crippen molar-refractivity contribution in [2.24, 2.45) is 12.9 Å². The fraction of sp³-hybridized carbons (Fsp3) is 0.615. The summed E-state index contributed by atoms with van der Waals surface area (Å²) in [6, 6.07) is -0.00143. The van der Waals surface area contributed by atoms with Crippen LogP contribution in [0.5, 0.6) is 0 Å². The lowest BCUT2D eigenvalue weighted by atomic mass is 10.0. The van der Waals surface area contributed by atoms with Crippen LogP contribution in [0.1, 0.15) is 43.4 Å². The van der Waals surface area contributed by atoms with Gasteiger partial charge in [0.25, 0.3) is 0 Å². The van der Waals surface area contributed by atoms with Gasteiger partial charge in [-0.2, -0.15) is 10.2 Å². The molecule has 0 fully saturated rings. The predicted octanol–water partition coefficient (Wildman–Crippen LogP) is 0.731. The lowest BCUT2D eigenvalue weighted by molar-refractivity contribution is 0.497. The molecule has 110 valence electrons. The van der Waals surface area contributed by atoms with Crippen molar-refractivity contribution in [3.8, 4) is 0 Å². The lowest BCUT2D eigenvalue weighted by Crippen LogP contribution is -2.31. The van der Waals surface area contributed by atoms with Crippen molar-refractivity contribution in [2.45, 2.75) is 45.7 Å². The van der Waals surface area contributed by atoms with E-state index >= 15 is 0 Å². The zero-order chi connectivity index (χ0) is 14.5. The second-order valence-corrected chi connectivity index (χ2v) is 4.88. The third-order valence-electron chi connectivity index (χ3n) is 3.37. The molecule has 2 aromatic rings. The maximum atomic E-state index is 5.73. The molecule has 0 aliphatic carbocycles. The van der Waals surface area contributed by atoms with Crippen molar-refractivity contribution in [1.29, 1.82) is 0 Å². The molecule has 3 N–H and O–H groups in total. The Labute approximate surface area is 119 Å². The van der Waals surface area contributed by atoms with Crippen molar-refractivity contribution in [3.05, 3.63) is 29.6 Å². The number of nitrogens with zero attached hydrogens (tertiary/aromatic N) is 5. The fourth-order valence-corrected chi connectivity index (χ4v) is 2.40. The Morgan fingerprint density at radius 1 is 1.40 bits per heavy atom. The Hall–Kier alpha value is -1.73. The first-order valence-corrected chi connectivity index (χ1v) is 7.04. The molecule has 0 aromatic carbocycles. The molecule has 7 nitrogen and oxygen atoms in total. The Morgan fingerprint density at radius 2 is 2.20 bits per heavy atom. The van der Waals surface area contributed by atoms with E-state index < -0.39 is 0 Å². The van der Waals surface area contributed by atoms with Crippen molar-refractivity contribution in [3.63, 3.8) is 0 Å². The summed E-state index contributed by atoms with van der Waals surface area (Å²) in [5.41, 5.74) is 5.07. The summed E-state index contributed by atoms with van der Waals surface area (Å²) in [6.07, 6.45) is 6.24. The van der Waals surface area contributed by atoms with E-state index in [-0.39, 0.29) is 6.04 Å². The van der Waals surface area contributed by atoms with Gasteiger partial charge < -0.3 is 0 Å². The van der Waals surface area contributed by atoms with Gasteiger partial charge in [0.05, 0.1) is 11.7 Å². The summed E-state index contributed by atoms with van der Waals surface area (Å²) in [6.45, 7) is 5.10. The van der Waals surface area contributed by atoms with Crippen LogP contribution in [0.15, 0.2) is 12.5 Å². The van der Waals surface area contributed by atoms with Gasteiger partial charge in [0.15, 0.2) is 0 Å². The maximum absolute atomic E-state index is 5.73. The number of hydrazine groups is 1. The summed E-state index contributed by atoms with van der Waals surface area (Å²) in [5.74, 6) is 6.68. The van der Waals surface area contributed by atoms with Crippen LogP contribution in [-0.4, -0.2) is 24.5 Å². The van der Waals surface area contributed by atoms with Gasteiger partial charge in [-0.3, -0.25) is 20.6 Å². The van der Waals surface area contributed by atoms with E-state index in [9.17, 15) is 0 Å². The normalized spacial score (nSPS) is 12.8. The van der Waals surface area contributed by atoms with E-state index in [1.54, 1.807) is 6.33 Å². The lowest BCUT2D eigenvalue weighted by Gasteiger charge is -2.15. The Bertz CT molecular complexity index is 543. The summed E-state index contributed by atoms with van der Waals surface area (Å²) >= 11 is 0. The van der Waals surface area contributed by atoms with Gasteiger partial charge in [-0.1, -0.05) is 13.8 Å². The topological polar surface area (TPSA) is 86.6 Å². The number of nitrogens with two attached hydrogens (primary N) is 1. The zero-order valence-corrected chi connectivity index (χ0v) is 12.4. The number of hydrogen-bond donors (Lipinski definition) is 2. The third kappa shape index (κ3) is 3.05. The highest BCUT2D eigenvalue weighted by Gasteiger charge is 2.19. The molecule has 1 atom stereocenters. The van der Waals surface area contributed by atoms with Gasteiger partial charge in [0.1, 0.15) is 12.2 Å². The van der Waals surface area contributed by atoms with Gasteiger partial charge >= 0.3 is 0 Å². The summed E-state index contributed by atoms with van der Waals surface area (Å²) in [5, 5.41) is 8.72. The van der Waals surface area contributed by atoms with Crippen LogP contribution in [0, 0.1) is 0 Å². The Balaban J connectivity index is 2.22. The van der Waals surface area contributed by atoms with Crippen LogP contribution < -0.4 is 11.3 Å². The van der Waals surface area contributed by atoms with E-state index in [1.807, 2.05) is 22.6 Å². The molecule has 20 heavy (non-hydrogen) atoms. The molecule has 0 bridgehead atoms. The minimum atomic E-state index is -0.00143. The van der Waals surface area contributed by atoms with E-state index in [1.165, 1.54) is 0 Å². The first-order valence-electron chi connectivity index (χ1n) is 7.04. The number of aryl methyl sites for hydroxylation is 3. The second-order valence-electron chi connectivity index (χ2n) is 4.88. The molecule has 0 amide bonds. The van der Waals surface area contributed by atoms with E-state index in [4.69, 9.17) is 5.84 Å². The third-order valence-corrected chi connectivity index (χ3v) is 3.37. The van der Waals surface area contributed by atoms with Crippen LogP contribution in [0.4, 0.5) is 0 Å². The van der Waals surface area contributed by atoms with Crippen LogP contribution in [0.2, 0.25) is 0 Å². The van der Waals surface area contributed by atoms with Crippen LogP contribution in [0.25, 0.3) is 0 Å². The molecule has 0 saturated heterocycles. The monoisotopic (exact) mass is 277 g/mol. The van der Waals surface area contributed by atoms with Gasteiger partial charge in [0.2, 0.25) is 0 Å². The smallest absolute Gasteiger partial charge is 0.138 e. The van der Waals surface area contributed by atoms with Crippen molar-refractivity contribution < 1.29 is 0 Å². The number of hydrogen-bond acceptors (Lipinski definition) is 5. The highest BCUT2D eigenvalue weighted by atomic mass is 15.3. The largest absolute Gasteiger partial charge is 0.275 e. The molecule has 0 aliphatic rings. The van der Waals surface area contributed by atoms with Crippen molar-refractivity contribution in [1.82, 2.24) is 30.0 Å². The molecule has 0 spiro atoms. The van der Waals surface area contributed by atoms with Crippen LogP contribution in [-0.2, 0) is 26.4 Å². The fourth-order valence-electron chi connectivity index (χ4n) is 2.40. The summed E-state index contributed by atoms with van der Waals surface area (Å²) < 4.78 is 3.77. The minimum Gasteiger partial charge on any atom is -0.275 e. The van der Waals surface area contributed by atoms with Crippen molar-refractivity contribution >= 4 is 0 Å². The molecule has 2 heterocycles. The van der Waals surface area contributed by atoms with Crippen molar-refractivity contribution in [2.75, 3.05) is 0 Å². The van der Waals surface area contributed by atoms with Gasteiger partial charge in [0, 0.05) is 31.8 Å². The first kappa shape index (κ1) is 14.7. The van der Waals surface area contributed by atoms with Gasteiger partial charge in [-0.15, -0.1) is 0 Å². The second kappa shape index (κ2) is 6.62. The number of rotatable bonds is 7. The van der Waals surface area contributed by atoms with Gasteiger partial charge in [-0.25, -0.2) is 4.98 Å². The Kier molecular flexibility index (Phi) is 4.86. The SMILES string of the molecule is CCCn1ncnc1CC(NN)c1cn(C)nc1CC. The standard InChI is InChI=1S/C13H23N7/c1-4-6-20-13(15-9-16-20)7-12(17-14)10-8-19(3)18-11(10)5-2/h8-9,12,17H,4-7,14H2,1-3H3. The molecular formula is C13H23N7. The molecular weight excluding hydrogens is 254 g/mol. The molecule has 0 radical (unpaired) electrons. The summed E-state index contributed by atoms with van der Waals surface area (Å²) in [7, 11) is 1.93. The van der Waals surface area contributed by atoms with Crippen LogP contribution >= 0.6 is 0 Å². The minimum absolute atomic E-state index is 0.00143. The van der Waals surface area contributed by atoms with E-state index in [0.717, 1.165) is 36.5 Å². The molecule has 1 unspecified atom stereocenters. The highest BCUT2D eigenvalue weighted by Crippen LogP contribution is 2.20. The molecule has 2 rings (SSSR count). The zero-order valence-electron chi connectivity index (χ0n) is 12.4. The predicted molar refractivity (Wildman–Crippen MR) is 76.7 cm³/mol. The average Bonchev–Trinajstić information content (AvgIpc) is 3.03. The maximum Gasteiger partial charge on any atom is 0.138 e. The molecule has 0 saturated carbocycles.